The molecule has 0 spiro atoms. The maximum absolute atomic E-state index is 11.7. The molecular formula is C25H33N3O3S. The predicted molar refractivity (Wildman–Crippen MR) is 131 cm³/mol. The minimum absolute atomic E-state index is 0.0259. The van der Waals surface area contributed by atoms with Crippen molar-refractivity contribution < 1.29 is 10.2 Å². The zero-order valence-electron chi connectivity index (χ0n) is 18.5. The summed E-state index contributed by atoms with van der Waals surface area (Å²) in [6.45, 7) is 4.76. The van der Waals surface area contributed by atoms with Crippen LogP contribution < -0.4 is 10.2 Å². The molecule has 0 amide bonds. The van der Waals surface area contributed by atoms with E-state index in [1.54, 1.807) is 6.07 Å². The number of rotatable bonds is 9. The molecule has 1 aromatic heterocycles. The SMILES string of the molecule is O=c1[nH]c2c(O)ccc([C@@H](O)CNCCc3cccc(CCN4CCCCCC4)c3)c2s1. The summed E-state index contributed by atoms with van der Waals surface area (Å²) < 4.78 is 0.612. The molecule has 1 aliphatic heterocycles. The third-order valence-corrected chi connectivity index (χ3v) is 7.21. The highest BCUT2D eigenvalue weighted by molar-refractivity contribution is 7.16. The lowest BCUT2D eigenvalue weighted by molar-refractivity contribution is 0.176. The van der Waals surface area contributed by atoms with Gasteiger partial charge in [-0.25, -0.2) is 0 Å². The van der Waals surface area contributed by atoms with Crippen LogP contribution in [0.5, 0.6) is 5.75 Å². The summed E-state index contributed by atoms with van der Waals surface area (Å²) in [5.41, 5.74) is 3.74. The van der Waals surface area contributed by atoms with Gasteiger partial charge in [-0.1, -0.05) is 54.5 Å². The van der Waals surface area contributed by atoms with Gasteiger partial charge in [0.05, 0.1) is 10.8 Å². The van der Waals surface area contributed by atoms with Crippen LogP contribution in [0.25, 0.3) is 10.2 Å². The quantitative estimate of drug-likeness (QED) is 0.371. The number of nitrogens with zero attached hydrogens (tertiary/aromatic N) is 1. The van der Waals surface area contributed by atoms with Gasteiger partial charge in [-0.05, 0) is 62.5 Å². The van der Waals surface area contributed by atoms with Gasteiger partial charge in [-0.3, -0.25) is 4.79 Å². The molecule has 0 saturated carbocycles. The van der Waals surface area contributed by atoms with E-state index in [-0.39, 0.29) is 10.6 Å². The number of aromatic nitrogens is 1. The zero-order chi connectivity index (χ0) is 22.3. The Balaban J connectivity index is 1.25. The first kappa shape index (κ1) is 23.0. The van der Waals surface area contributed by atoms with Crippen LogP contribution in [0, 0.1) is 0 Å². The number of likely N-dealkylation sites (tertiary alicyclic amines) is 1. The van der Waals surface area contributed by atoms with Crippen molar-refractivity contribution in [2.45, 2.75) is 44.6 Å². The van der Waals surface area contributed by atoms with E-state index in [0.717, 1.165) is 37.3 Å². The van der Waals surface area contributed by atoms with Gasteiger partial charge in [0, 0.05) is 18.7 Å². The predicted octanol–water partition coefficient (Wildman–Crippen LogP) is 3.58. The van der Waals surface area contributed by atoms with Gasteiger partial charge in [0.1, 0.15) is 11.3 Å². The van der Waals surface area contributed by atoms with Gasteiger partial charge in [0.2, 0.25) is 0 Å². The largest absolute Gasteiger partial charge is 0.506 e. The Morgan fingerprint density at radius 3 is 2.59 bits per heavy atom. The van der Waals surface area contributed by atoms with Gasteiger partial charge in [0.25, 0.3) is 0 Å². The minimum atomic E-state index is -0.746. The van der Waals surface area contributed by atoms with E-state index in [1.807, 2.05) is 0 Å². The monoisotopic (exact) mass is 455 g/mol. The van der Waals surface area contributed by atoms with Crippen LogP contribution in [0.4, 0.5) is 0 Å². The van der Waals surface area contributed by atoms with Crippen molar-refractivity contribution in [3.63, 3.8) is 0 Å². The molecule has 2 heterocycles. The number of aromatic hydroxyl groups is 1. The number of nitrogens with one attached hydrogen (secondary N) is 2. The lowest BCUT2D eigenvalue weighted by Crippen LogP contribution is -2.27. The summed E-state index contributed by atoms with van der Waals surface area (Å²) in [7, 11) is 0. The van der Waals surface area contributed by atoms with Crippen LogP contribution in [0.2, 0.25) is 0 Å². The van der Waals surface area contributed by atoms with Crippen molar-refractivity contribution in [1.29, 1.82) is 0 Å². The maximum atomic E-state index is 11.7. The first-order valence-electron chi connectivity index (χ1n) is 11.6. The number of aliphatic hydroxyl groups excluding tert-OH is 1. The van der Waals surface area contributed by atoms with Crippen LogP contribution in [-0.2, 0) is 12.8 Å². The Labute approximate surface area is 192 Å². The van der Waals surface area contributed by atoms with Crippen LogP contribution >= 0.6 is 11.3 Å². The number of thiazole rings is 1. The highest BCUT2D eigenvalue weighted by Gasteiger charge is 2.16. The van der Waals surface area contributed by atoms with Crippen molar-refractivity contribution in [2.24, 2.45) is 0 Å². The van der Waals surface area contributed by atoms with Crippen LogP contribution in [0.1, 0.15) is 48.5 Å². The van der Waals surface area contributed by atoms with Crippen LogP contribution in [0.3, 0.4) is 0 Å². The first-order chi connectivity index (χ1) is 15.6. The Kier molecular flexibility index (Phi) is 7.97. The standard InChI is InChI=1S/C25H33N3O3S/c29-21-9-8-20(24-23(21)27-25(31)32-24)22(30)17-26-12-10-18-6-5-7-19(16-18)11-15-28-13-3-1-2-4-14-28/h5-9,16,22,26,29-30H,1-4,10-15,17H2,(H,27,31)/t22-/m0/s1. The summed E-state index contributed by atoms with van der Waals surface area (Å²) in [6, 6.07) is 12.0. The second kappa shape index (κ2) is 11.1. The average molecular weight is 456 g/mol. The molecule has 2 aromatic carbocycles. The normalized spacial score (nSPS) is 16.3. The molecule has 32 heavy (non-hydrogen) atoms. The average Bonchev–Trinajstić information content (AvgIpc) is 3.01. The first-order valence-corrected chi connectivity index (χ1v) is 12.5. The number of hydrogen-bond acceptors (Lipinski definition) is 6. The molecule has 0 radical (unpaired) electrons. The number of aromatic amines is 1. The molecule has 1 atom stereocenters. The minimum Gasteiger partial charge on any atom is -0.506 e. The van der Waals surface area contributed by atoms with E-state index >= 15 is 0 Å². The Morgan fingerprint density at radius 1 is 1.06 bits per heavy atom. The van der Waals surface area contributed by atoms with Crippen molar-refractivity contribution in [2.75, 3.05) is 32.7 Å². The summed E-state index contributed by atoms with van der Waals surface area (Å²) in [6.07, 6.45) is 6.65. The fraction of sp³-hybridized carbons (Fsp3) is 0.480. The van der Waals surface area contributed by atoms with E-state index in [1.165, 1.54) is 56.0 Å². The summed E-state index contributed by atoms with van der Waals surface area (Å²) >= 11 is 1.01. The van der Waals surface area contributed by atoms with Crippen molar-refractivity contribution >= 4 is 21.6 Å². The lowest BCUT2D eigenvalue weighted by atomic mass is 10.1. The van der Waals surface area contributed by atoms with E-state index in [2.05, 4.69) is 39.5 Å². The maximum Gasteiger partial charge on any atom is 0.305 e. The molecule has 7 heteroatoms. The summed E-state index contributed by atoms with van der Waals surface area (Å²) in [5.74, 6) is 0.0259. The molecule has 172 valence electrons. The molecule has 3 aromatic rings. The van der Waals surface area contributed by atoms with Gasteiger partial charge in [-0.15, -0.1) is 0 Å². The number of phenols is 1. The highest BCUT2D eigenvalue weighted by Crippen LogP contribution is 2.31. The summed E-state index contributed by atoms with van der Waals surface area (Å²) in [5, 5.41) is 23.9. The molecule has 4 N–H and O–H groups in total. The second-order valence-electron chi connectivity index (χ2n) is 8.69. The Hall–Kier alpha value is -2.19. The number of phenolic OH excluding ortho intramolecular Hbond substituents is 1. The molecule has 1 saturated heterocycles. The number of benzene rings is 2. The van der Waals surface area contributed by atoms with E-state index in [4.69, 9.17) is 0 Å². The van der Waals surface area contributed by atoms with Gasteiger partial charge < -0.3 is 25.4 Å². The Bertz CT molecular complexity index is 1070. The van der Waals surface area contributed by atoms with Crippen molar-refractivity contribution in [3.05, 3.63) is 62.8 Å². The van der Waals surface area contributed by atoms with Gasteiger partial charge in [-0.2, -0.15) is 0 Å². The van der Waals surface area contributed by atoms with Crippen molar-refractivity contribution in [3.8, 4) is 5.75 Å². The van der Waals surface area contributed by atoms with Crippen molar-refractivity contribution in [1.82, 2.24) is 15.2 Å². The summed E-state index contributed by atoms with van der Waals surface area (Å²) in [4.78, 5) is 16.7. The topological polar surface area (TPSA) is 88.6 Å². The van der Waals surface area contributed by atoms with E-state index in [0.29, 0.717) is 22.3 Å². The zero-order valence-corrected chi connectivity index (χ0v) is 19.3. The second-order valence-corrected chi connectivity index (χ2v) is 9.67. The molecule has 0 bridgehead atoms. The molecule has 6 nitrogen and oxygen atoms in total. The van der Waals surface area contributed by atoms with Gasteiger partial charge in [0.15, 0.2) is 0 Å². The smallest absolute Gasteiger partial charge is 0.305 e. The number of hydrogen-bond donors (Lipinski definition) is 4. The highest BCUT2D eigenvalue weighted by atomic mass is 32.1. The third kappa shape index (κ3) is 5.98. The number of fused-ring (bicyclic) bond motifs is 1. The lowest BCUT2D eigenvalue weighted by Gasteiger charge is -2.19. The fourth-order valence-corrected chi connectivity index (χ4v) is 5.39. The molecule has 1 fully saturated rings. The number of H-pyrrole nitrogens is 1. The molecule has 4 rings (SSSR count). The van der Waals surface area contributed by atoms with E-state index in [9.17, 15) is 15.0 Å². The molecule has 0 aliphatic carbocycles. The van der Waals surface area contributed by atoms with Crippen LogP contribution in [0.15, 0.2) is 41.2 Å². The number of aliphatic hydroxyl groups is 1. The molecule has 0 unspecified atom stereocenters. The van der Waals surface area contributed by atoms with E-state index < -0.39 is 6.10 Å². The van der Waals surface area contributed by atoms with Gasteiger partial charge >= 0.3 is 4.87 Å². The third-order valence-electron chi connectivity index (χ3n) is 6.28. The molecule has 1 aliphatic rings. The Morgan fingerprint density at radius 2 is 1.81 bits per heavy atom. The van der Waals surface area contributed by atoms with Crippen LogP contribution in [-0.4, -0.2) is 52.8 Å². The molecular weight excluding hydrogens is 422 g/mol. The fourth-order valence-electron chi connectivity index (χ4n) is 4.47.